The normalized spacial score (nSPS) is 21.5. The first-order chi connectivity index (χ1) is 15.9. The summed E-state index contributed by atoms with van der Waals surface area (Å²) < 4.78 is 5.72. The van der Waals surface area contributed by atoms with Crippen molar-refractivity contribution in [3.8, 4) is 5.75 Å². The SMILES string of the molecule is CCCNC(=O)CN1CCN(C(=O)c2ccc(OCC(=O)N3C(C)CCCC3C)cc2)CC1. The molecule has 2 fully saturated rings. The number of rotatable bonds is 8. The van der Waals surface area contributed by atoms with Crippen LogP contribution < -0.4 is 10.1 Å². The van der Waals surface area contributed by atoms with Crippen molar-refractivity contribution in [3.05, 3.63) is 29.8 Å². The maximum atomic E-state index is 12.9. The Morgan fingerprint density at radius 3 is 2.24 bits per heavy atom. The second-order valence-electron chi connectivity index (χ2n) is 9.16. The average Bonchev–Trinajstić information content (AvgIpc) is 2.81. The summed E-state index contributed by atoms with van der Waals surface area (Å²) in [7, 11) is 0. The standard InChI is InChI=1S/C25H38N4O4/c1-4-12-26-23(30)17-27-13-15-28(16-14-27)25(32)21-8-10-22(11-9-21)33-18-24(31)29-19(2)6-5-7-20(29)3/h8-11,19-20H,4-7,12-18H2,1-3H3,(H,26,30). The van der Waals surface area contributed by atoms with Crippen molar-refractivity contribution in [2.75, 3.05) is 45.9 Å². The summed E-state index contributed by atoms with van der Waals surface area (Å²) in [6.07, 6.45) is 4.15. The molecule has 3 rings (SSSR count). The molecule has 1 N–H and O–H groups in total. The van der Waals surface area contributed by atoms with E-state index in [1.807, 2.05) is 16.7 Å². The highest BCUT2D eigenvalue weighted by molar-refractivity contribution is 5.94. The van der Waals surface area contributed by atoms with Crippen LogP contribution in [0.25, 0.3) is 0 Å². The molecule has 3 amide bonds. The van der Waals surface area contributed by atoms with E-state index in [0.29, 0.717) is 50.6 Å². The van der Waals surface area contributed by atoms with Gasteiger partial charge in [0.25, 0.3) is 11.8 Å². The summed E-state index contributed by atoms with van der Waals surface area (Å²) in [6, 6.07) is 7.49. The van der Waals surface area contributed by atoms with E-state index in [2.05, 4.69) is 24.1 Å². The molecule has 33 heavy (non-hydrogen) atoms. The molecule has 2 atom stereocenters. The van der Waals surface area contributed by atoms with E-state index < -0.39 is 0 Å². The number of nitrogens with zero attached hydrogens (tertiary/aromatic N) is 3. The lowest BCUT2D eigenvalue weighted by molar-refractivity contribution is -0.139. The van der Waals surface area contributed by atoms with Crippen LogP contribution in [0.15, 0.2) is 24.3 Å². The second kappa shape index (κ2) is 12.0. The zero-order valence-corrected chi connectivity index (χ0v) is 20.2. The van der Waals surface area contributed by atoms with Gasteiger partial charge in [-0.3, -0.25) is 19.3 Å². The van der Waals surface area contributed by atoms with E-state index in [-0.39, 0.29) is 36.4 Å². The predicted octanol–water partition coefficient (Wildman–Crippen LogP) is 2.14. The molecule has 8 heteroatoms. The Bertz CT molecular complexity index is 795. The van der Waals surface area contributed by atoms with Gasteiger partial charge in [-0.25, -0.2) is 0 Å². The molecule has 182 valence electrons. The van der Waals surface area contributed by atoms with Crippen molar-refractivity contribution in [2.45, 2.75) is 58.5 Å². The van der Waals surface area contributed by atoms with Crippen LogP contribution in [0, 0.1) is 0 Å². The zero-order chi connectivity index (χ0) is 23.8. The fourth-order valence-corrected chi connectivity index (χ4v) is 4.64. The molecule has 0 radical (unpaired) electrons. The van der Waals surface area contributed by atoms with Crippen LogP contribution in [0.5, 0.6) is 5.75 Å². The van der Waals surface area contributed by atoms with Crippen molar-refractivity contribution in [1.82, 2.24) is 20.0 Å². The first-order valence-electron chi connectivity index (χ1n) is 12.2. The molecule has 0 saturated carbocycles. The maximum Gasteiger partial charge on any atom is 0.260 e. The fraction of sp³-hybridized carbons (Fsp3) is 0.640. The number of carbonyl (C=O) groups excluding carboxylic acids is 3. The number of likely N-dealkylation sites (tertiary alicyclic amines) is 1. The molecule has 0 bridgehead atoms. The van der Waals surface area contributed by atoms with E-state index in [1.54, 1.807) is 24.3 Å². The van der Waals surface area contributed by atoms with Gasteiger partial charge in [0.15, 0.2) is 6.61 Å². The molecule has 8 nitrogen and oxygen atoms in total. The van der Waals surface area contributed by atoms with Crippen molar-refractivity contribution in [3.63, 3.8) is 0 Å². The van der Waals surface area contributed by atoms with Gasteiger partial charge in [0.05, 0.1) is 6.54 Å². The lowest BCUT2D eigenvalue weighted by Crippen LogP contribution is -2.51. The highest BCUT2D eigenvalue weighted by Crippen LogP contribution is 2.23. The van der Waals surface area contributed by atoms with Crippen LogP contribution in [-0.2, 0) is 9.59 Å². The molecule has 2 aliphatic heterocycles. The number of benzene rings is 1. The predicted molar refractivity (Wildman–Crippen MR) is 127 cm³/mol. The van der Waals surface area contributed by atoms with Gasteiger partial charge in [0, 0.05) is 50.4 Å². The summed E-state index contributed by atoms with van der Waals surface area (Å²) in [5.41, 5.74) is 0.598. The van der Waals surface area contributed by atoms with Crippen LogP contribution in [0.1, 0.15) is 56.8 Å². The molecule has 2 saturated heterocycles. The van der Waals surface area contributed by atoms with Crippen LogP contribution >= 0.6 is 0 Å². The Hall–Kier alpha value is -2.61. The number of ether oxygens (including phenoxy) is 1. The van der Waals surface area contributed by atoms with Gasteiger partial charge in [0.2, 0.25) is 5.91 Å². The third-order valence-corrected chi connectivity index (χ3v) is 6.54. The van der Waals surface area contributed by atoms with Crippen LogP contribution in [0.2, 0.25) is 0 Å². The number of amides is 3. The highest BCUT2D eigenvalue weighted by Gasteiger charge is 2.29. The summed E-state index contributed by atoms with van der Waals surface area (Å²) in [6.45, 7) is 9.85. The van der Waals surface area contributed by atoms with Gasteiger partial charge >= 0.3 is 0 Å². The van der Waals surface area contributed by atoms with Gasteiger partial charge in [-0.15, -0.1) is 0 Å². The number of nitrogens with one attached hydrogen (secondary N) is 1. The number of hydrogen-bond donors (Lipinski definition) is 1. The Balaban J connectivity index is 1.44. The fourth-order valence-electron chi connectivity index (χ4n) is 4.64. The number of carbonyl (C=O) groups is 3. The Morgan fingerprint density at radius 1 is 1.00 bits per heavy atom. The lowest BCUT2D eigenvalue weighted by Gasteiger charge is -2.39. The number of hydrogen-bond acceptors (Lipinski definition) is 5. The number of piperidine rings is 1. The molecule has 1 aromatic rings. The summed E-state index contributed by atoms with van der Waals surface area (Å²) >= 11 is 0. The highest BCUT2D eigenvalue weighted by atomic mass is 16.5. The van der Waals surface area contributed by atoms with E-state index in [1.165, 1.54) is 0 Å². The largest absolute Gasteiger partial charge is 0.484 e. The van der Waals surface area contributed by atoms with E-state index in [9.17, 15) is 14.4 Å². The minimum absolute atomic E-state index is 0.00969. The molecule has 2 aliphatic rings. The van der Waals surface area contributed by atoms with E-state index >= 15 is 0 Å². The van der Waals surface area contributed by atoms with Crippen molar-refractivity contribution < 1.29 is 19.1 Å². The Labute approximate surface area is 197 Å². The number of piperazine rings is 1. The Morgan fingerprint density at radius 2 is 1.64 bits per heavy atom. The van der Waals surface area contributed by atoms with Crippen molar-refractivity contribution >= 4 is 17.7 Å². The molecule has 0 aliphatic carbocycles. The van der Waals surface area contributed by atoms with Gasteiger partial charge in [-0.05, 0) is 63.8 Å². The zero-order valence-electron chi connectivity index (χ0n) is 20.2. The smallest absolute Gasteiger partial charge is 0.260 e. The summed E-state index contributed by atoms with van der Waals surface area (Å²) in [5, 5.41) is 2.89. The van der Waals surface area contributed by atoms with Crippen LogP contribution in [0.3, 0.4) is 0 Å². The topological polar surface area (TPSA) is 82.2 Å². The molecule has 2 unspecified atom stereocenters. The molecular formula is C25H38N4O4. The van der Waals surface area contributed by atoms with Crippen LogP contribution in [0.4, 0.5) is 0 Å². The molecule has 1 aromatic carbocycles. The monoisotopic (exact) mass is 458 g/mol. The Kier molecular flexibility index (Phi) is 9.11. The lowest BCUT2D eigenvalue weighted by atomic mass is 9.97. The first kappa shape index (κ1) is 25.0. The van der Waals surface area contributed by atoms with E-state index in [0.717, 1.165) is 25.7 Å². The maximum absolute atomic E-state index is 12.9. The van der Waals surface area contributed by atoms with E-state index in [4.69, 9.17) is 4.74 Å². The van der Waals surface area contributed by atoms with Gasteiger partial charge < -0.3 is 19.9 Å². The van der Waals surface area contributed by atoms with Gasteiger partial charge in [-0.1, -0.05) is 6.92 Å². The minimum atomic E-state index is -0.0244. The van der Waals surface area contributed by atoms with Crippen LogP contribution in [-0.4, -0.2) is 90.4 Å². The van der Waals surface area contributed by atoms with Gasteiger partial charge in [0.1, 0.15) is 5.75 Å². The third-order valence-electron chi connectivity index (χ3n) is 6.54. The molecule has 2 heterocycles. The molecule has 0 aromatic heterocycles. The van der Waals surface area contributed by atoms with Gasteiger partial charge in [-0.2, -0.15) is 0 Å². The summed E-state index contributed by atoms with van der Waals surface area (Å²) in [5.74, 6) is 0.606. The second-order valence-corrected chi connectivity index (χ2v) is 9.16. The molecule has 0 spiro atoms. The first-order valence-corrected chi connectivity index (χ1v) is 12.2. The third kappa shape index (κ3) is 6.93. The van der Waals surface area contributed by atoms with Crippen molar-refractivity contribution in [2.24, 2.45) is 0 Å². The minimum Gasteiger partial charge on any atom is -0.484 e. The quantitative estimate of drug-likeness (QED) is 0.646. The average molecular weight is 459 g/mol. The summed E-state index contributed by atoms with van der Waals surface area (Å²) in [4.78, 5) is 43.2. The van der Waals surface area contributed by atoms with Crippen molar-refractivity contribution in [1.29, 1.82) is 0 Å². The molecular weight excluding hydrogens is 420 g/mol.